The third kappa shape index (κ3) is 4.88. The van der Waals surface area contributed by atoms with E-state index in [1.165, 1.54) is 0 Å². The van der Waals surface area contributed by atoms with Crippen LogP contribution in [0, 0.1) is 0 Å². The van der Waals surface area contributed by atoms with Crippen molar-refractivity contribution in [1.82, 2.24) is 10.6 Å². The Morgan fingerprint density at radius 1 is 1.14 bits per heavy atom. The van der Waals surface area contributed by atoms with E-state index >= 15 is 0 Å². The summed E-state index contributed by atoms with van der Waals surface area (Å²) in [4.78, 5) is 34.5. The molecule has 0 aliphatic rings. The average Bonchev–Trinajstić information content (AvgIpc) is 2.50. The van der Waals surface area contributed by atoms with Crippen LogP contribution in [0.1, 0.15) is 24.9 Å². The first-order chi connectivity index (χ1) is 9.99. The van der Waals surface area contributed by atoms with E-state index in [-0.39, 0.29) is 6.42 Å². The number of carbonyl (C=O) groups is 3. The third-order valence-corrected chi connectivity index (χ3v) is 2.87. The number of hydrogen-bond acceptors (Lipinski definition) is 4. The molecule has 4 N–H and O–H groups in total. The largest absolute Gasteiger partial charge is 0.480 e. The van der Waals surface area contributed by atoms with Gasteiger partial charge in [0.1, 0.15) is 18.7 Å². The van der Waals surface area contributed by atoms with Gasteiger partial charge in [-0.3, -0.25) is 9.59 Å². The molecule has 0 fully saturated rings. The number of carboxylic acid groups (broad SMARTS) is 1. The molecule has 7 nitrogen and oxygen atoms in total. The molecule has 1 rings (SSSR count). The standard InChI is InChI=1S/C14H18N2O5/c1-2-10(14(20)21)15-13(19)12(16-11(18)8-17)9-6-4-3-5-7-9/h3-7,10,12,17H,2,8H2,1H3,(H,15,19)(H,16,18)(H,20,21). The van der Waals surface area contributed by atoms with Gasteiger partial charge in [-0.25, -0.2) is 4.79 Å². The fourth-order valence-corrected chi connectivity index (χ4v) is 1.75. The molecule has 0 heterocycles. The molecule has 0 aromatic heterocycles. The van der Waals surface area contributed by atoms with Crippen LogP contribution in [0.2, 0.25) is 0 Å². The molecular weight excluding hydrogens is 276 g/mol. The molecule has 1 aromatic carbocycles. The lowest BCUT2D eigenvalue weighted by Gasteiger charge is -2.20. The van der Waals surface area contributed by atoms with Crippen LogP contribution in [0.5, 0.6) is 0 Å². The second kappa shape index (κ2) is 8.01. The molecule has 114 valence electrons. The Labute approximate surface area is 122 Å². The van der Waals surface area contributed by atoms with Crippen LogP contribution in [0.15, 0.2) is 30.3 Å². The van der Waals surface area contributed by atoms with Crippen LogP contribution in [0.3, 0.4) is 0 Å². The predicted molar refractivity (Wildman–Crippen MR) is 74.3 cm³/mol. The van der Waals surface area contributed by atoms with Gasteiger partial charge in [-0.05, 0) is 12.0 Å². The highest BCUT2D eigenvalue weighted by Gasteiger charge is 2.26. The highest BCUT2D eigenvalue weighted by Crippen LogP contribution is 2.13. The number of carbonyl (C=O) groups excluding carboxylic acids is 2. The summed E-state index contributed by atoms with van der Waals surface area (Å²) in [5, 5.41) is 22.5. The Kier molecular flexibility index (Phi) is 6.35. The zero-order valence-electron chi connectivity index (χ0n) is 11.6. The normalized spacial score (nSPS) is 13.0. The molecule has 0 radical (unpaired) electrons. The Hall–Kier alpha value is -2.41. The summed E-state index contributed by atoms with van der Waals surface area (Å²) in [6, 6.07) is 6.30. The Morgan fingerprint density at radius 3 is 2.24 bits per heavy atom. The zero-order chi connectivity index (χ0) is 15.8. The maximum Gasteiger partial charge on any atom is 0.326 e. The van der Waals surface area contributed by atoms with Crippen molar-refractivity contribution in [3.05, 3.63) is 35.9 Å². The van der Waals surface area contributed by atoms with Gasteiger partial charge in [0.2, 0.25) is 11.8 Å². The van der Waals surface area contributed by atoms with E-state index < -0.39 is 36.5 Å². The molecular formula is C14H18N2O5. The van der Waals surface area contributed by atoms with Crippen molar-refractivity contribution in [3.8, 4) is 0 Å². The Bertz CT molecular complexity index is 503. The quantitative estimate of drug-likeness (QED) is 0.556. The summed E-state index contributed by atoms with van der Waals surface area (Å²) in [5.41, 5.74) is 0.497. The van der Waals surface area contributed by atoms with E-state index in [0.717, 1.165) is 0 Å². The molecule has 0 saturated heterocycles. The maximum absolute atomic E-state index is 12.2. The van der Waals surface area contributed by atoms with Crippen molar-refractivity contribution in [2.24, 2.45) is 0 Å². The predicted octanol–water partition coefficient (Wildman–Crippen LogP) is -0.184. The molecule has 0 bridgehead atoms. The molecule has 1 aromatic rings. The van der Waals surface area contributed by atoms with Crippen LogP contribution >= 0.6 is 0 Å². The van der Waals surface area contributed by atoms with Gasteiger partial charge in [-0.15, -0.1) is 0 Å². The van der Waals surface area contributed by atoms with Gasteiger partial charge in [0.25, 0.3) is 0 Å². The Balaban J connectivity index is 2.93. The number of hydrogen-bond donors (Lipinski definition) is 4. The highest BCUT2D eigenvalue weighted by molar-refractivity contribution is 5.91. The summed E-state index contributed by atoms with van der Waals surface area (Å²) in [5.74, 6) is -2.51. The number of carboxylic acids is 1. The lowest BCUT2D eigenvalue weighted by molar-refractivity contribution is -0.142. The number of aliphatic hydroxyl groups is 1. The SMILES string of the molecule is CCC(NC(=O)C(NC(=O)CO)c1ccccc1)C(=O)O. The number of aliphatic carboxylic acids is 1. The van der Waals surface area contributed by atoms with Crippen molar-refractivity contribution >= 4 is 17.8 Å². The summed E-state index contributed by atoms with van der Waals surface area (Å²) >= 11 is 0. The minimum atomic E-state index is -1.15. The molecule has 0 saturated carbocycles. The van der Waals surface area contributed by atoms with Crippen molar-refractivity contribution in [2.75, 3.05) is 6.61 Å². The number of amides is 2. The highest BCUT2D eigenvalue weighted by atomic mass is 16.4. The molecule has 7 heteroatoms. The van der Waals surface area contributed by atoms with Crippen LogP contribution in [0.25, 0.3) is 0 Å². The van der Waals surface area contributed by atoms with E-state index in [4.69, 9.17) is 10.2 Å². The molecule has 2 unspecified atom stereocenters. The second-order valence-corrected chi connectivity index (χ2v) is 4.38. The van der Waals surface area contributed by atoms with Crippen molar-refractivity contribution in [1.29, 1.82) is 0 Å². The number of rotatable bonds is 7. The molecule has 21 heavy (non-hydrogen) atoms. The molecule has 2 amide bonds. The van der Waals surface area contributed by atoms with Gasteiger partial charge in [0.05, 0.1) is 0 Å². The van der Waals surface area contributed by atoms with Gasteiger partial charge in [-0.1, -0.05) is 37.3 Å². The van der Waals surface area contributed by atoms with Crippen molar-refractivity contribution in [3.63, 3.8) is 0 Å². The first-order valence-corrected chi connectivity index (χ1v) is 6.48. The van der Waals surface area contributed by atoms with E-state index in [1.807, 2.05) is 0 Å². The van der Waals surface area contributed by atoms with Gasteiger partial charge < -0.3 is 20.8 Å². The topological polar surface area (TPSA) is 116 Å². The van der Waals surface area contributed by atoms with Crippen molar-refractivity contribution in [2.45, 2.75) is 25.4 Å². The first kappa shape index (κ1) is 16.6. The van der Waals surface area contributed by atoms with Gasteiger partial charge in [0, 0.05) is 0 Å². The number of aliphatic hydroxyl groups excluding tert-OH is 1. The van der Waals surface area contributed by atoms with Gasteiger partial charge in [-0.2, -0.15) is 0 Å². The average molecular weight is 294 g/mol. The molecule has 0 aliphatic heterocycles. The maximum atomic E-state index is 12.2. The lowest BCUT2D eigenvalue weighted by Crippen LogP contribution is -2.47. The summed E-state index contributed by atoms with van der Waals surface area (Å²) in [7, 11) is 0. The van der Waals surface area contributed by atoms with E-state index in [2.05, 4.69) is 10.6 Å². The summed E-state index contributed by atoms with van der Waals surface area (Å²) in [6.07, 6.45) is 0.219. The van der Waals surface area contributed by atoms with Crippen LogP contribution in [-0.2, 0) is 14.4 Å². The number of benzene rings is 1. The molecule has 0 spiro atoms. The van der Waals surface area contributed by atoms with Gasteiger partial charge in [0.15, 0.2) is 0 Å². The fourth-order valence-electron chi connectivity index (χ4n) is 1.75. The second-order valence-electron chi connectivity index (χ2n) is 4.38. The van der Waals surface area contributed by atoms with E-state index in [9.17, 15) is 14.4 Å². The number of nitrogens with one attached hydrogen (secondary N) is 2. The zero-order valence-corrected chi connectivity index (χ0v) is 11.6. The van der Waals surface area contributed by atoms with E-state index in [1.54, 1.807) is 37.3 Å². The van der Waals surface area contributed by atoms with Crippen LogP contribution in [0.4, 0.5) is 0 Å². The molecule has 0 aliphatic carbocycles. The summed E-state index contributed by atoms with van der Waals surface area (Å²) in [6.45, 7) is 0.871. The first-order valence-electron chi connectivity index (χ1n) is 6.48. The third-order valence-electron chi connectivity index (χ3n) is 2.87. The monoisotopic (exact) mass is 294 g/mol. The van der Waals surface area contributed by atoms with Crippen LogP contribution < -0.4 is 10.6 Å². The minimum Gasteiger partial charge on any atom is -0.480 e. The minimum absolute atomic E-state index is 0.219. The smallest absolute Gasteiger partial charge is 0.326 e. The van der Waals surface area contributed by atoms with Crippen molar-refractivity contribution < 1.29 is 24.6 Å². The Morgan fingerprint density at radius 2 is 1.76 bits per heavy atom. The fraction of sp³-hybridized carbons (Fsp3) is 0.357. The lowest BCUT2D eigenvalue weighted by atomic mass is 10.1. The van der Waals surface area contributed by atoms with Gasteiger partial charge >= 0.3 is 5.97 Å². The van der Waals surface area contributed by atoms with E-state index in [0.29, 0.717) is 5.56 Å². The van der Waals surface area contributed by atoms with Crippen LogP contribution in [-0.4, -0.2) is 40.6 Å². The summed E-state index contributed by atoms with van der Waals surface area (Å²) < 4.78 is 0. The molecule has 2 atom stereocenters.